The van der Waals surface area contributed by atoms with Gasteiger partial charge in [0.2, 0.25) is 0 Å². The first kappa shape index (κ1) is 27.7. The molecule has 0 aromatic heterocycles. The highest BCUT2D eigenvalue weighted by atomic mass is 16.6. The average Bonchev–Trinajstić information content (AvgIpc) is 2.99. The zero-order valence-corrected chi connectivity index (χ0v) is 22.1. The van der Waals surface area contributed by atoms with E-state index < -0.39 is 0 Å². The zero-order chi connectivity index (χ0) is 26.1. The molecule has 0 fully saturated rings. The van der Waals surface area contributed by atoms with Crippen molar-refractivity contribution in [2.75, 3.05) is 52.9 Å². The maximum Gasteiger partial charge on any atom is 0.0701 e. The monoisotopic (exact) mass is 510 g/mol. The van der Waals surface area contributed by atoms with E-state index in [0.717, 1.165) is 12.8 Å². The average molecular weight is 511 g/mol. The summed E-state index contributed by atoms with van der Waals surface area (Å²) in [5.41, 5.74) is 7.52. The molecule has 4 aromatic rings. The maximum atomic E-state index is 5.70. The van der Waals surface area contributed by atoms with Gasteiger partial charge in [0.25, 0.3) is 0 Å². The maximum absolute atomic E-state index is 5.70. The zero-order valence-electron chi connectivity index (χ0n) is 22.1. The van der Waals surface area contributed by atoms with Gasteiger partial charge in [-0.2, -0.15) is 0 Å². The number of hydrogen-bond acceptors (Lipinski definition) is 4. The molecule has 4 aromatic carbocycles. The van der Waals surface area contributed by atoms with Crippen LogP contribution < -0.4 is 0 Å². The largest absolute Gasteiger partial charge is 0.379 e. The van der Waals surface area contributed by atoms with Gasteiger partial charge in [0.1, 0.15) is 0 Å². The van der Waals surface area contributed by atoms with Crippen molar-refractivity contribution in [1.82, 2.24) is 0 Å². The van der Waals surface area contributed by atoms with Gasteiger partial charge in [-0.1, -0.05) is 109 Å². The van der Waals surface area contributed by atoms with Gasteiger partial charge in [-0.15, -0.1) is 0 Å². The second kappa shape index (κ2) is 16.5. The standard InChI is InChI=1S/C34H38O4/c1-3-7-31(8-4-1)33-15-11-29(12-16-33)19-21-35-23-25-37-27-28-38-26-24-36-22-20-30-13-17-34(18-14-30)32-9-5-2-6-10-32/h1-18H,19-28H2. The van der Waals surface area contributed by atoms with E-state index >= 15 is 0 Å². The van der Waals surface area contributed by atoms with Gasteiger partial charge in [-0.25, -0.2) is 0 Å². The highest BCUT2D eigenvalue weighted by Crippen LogP contribution is 2.20. The first-order chi connectivity index (χ1) is 18.9. The Morgan fingerprint density at radius 3 is 0.921 bits per heavy atom. The molecule has 0 aliphatic carbocycles. The van der Waals surface area contributed by atoms with E-state index in [-0.39, 0.29) is 0 Å². The summed E-state index contributed by atoms with van der Waals surface area (Å²) in [5, 5.41) is 0. The third kappa shape index (κ3) is 9.88. The molecule has 0 aliphatic rings. The van der Waals surface area contributed by atoms with Crippen molar-refractivity contribution in [3.8, 4) is 22.3 Å². The van der Waals surface area contributed by atoms with E-state index in [9.17, 15) is 0 Å². The van der Waals surface area contributed by atoms with Crippen LogP contribution in [0.4, 0.5) is 0 Å². The molecule has 38 heavy (non-hydrogen) atoms. The minimum absolute atomic E-state index is 0.568. The van der Waals surface area contributed by atoms with Crippen molar-refractivity contribution >= 4 is 0 Å². The number of hydrogen-bond donors (Lipinski definition) is 0. The summed E-state index contributed by atoms with van der Waals surface area (Å²) in [5.74, 6) is 0. The Kier molecular flexibility index (Phi) is 12.1. The summed E-state index contributed by atoms with van der Waals surface area (Å²) >= 11 is 0. The lowest BCUT2D eigenvalue weighted by Crippen LogP contribution is -2.13. The summed E-state index contributed by atoms with van der Waals surface area (Å²) in [6.07, 6.45) is 1.80. The molecule has 4 nitrogen and oxygen atoms in total. The summed E-state index contributed by atoms with van der Waals surface area (Å²) < 4.78 is 22.6. The van der Waals surface area contributed by atoms with E-state index in [0.29, 0.717) is 52.9 Å². The van der Waals surface area contributed by atoms with Crippen molar-refractivity contribution in [3.05, 3.63) is 120 Å². The molecule has 0 radical (unpaired) electrons. The van der Waals surface area contributed by atoms with Crippen molar-refractivity contribution in [2.24, 2.45) is 0 Å². The van der Waals surface area contributed by atoms with Crippen LogP contribution in [0.3, 0.4) is 0 Å². The fraction of sp³-hybridized carbons (Fsp3) is 0.294. The second-order valence-electron chi connectivity index (χ2n) is 9.08. The van der Waals surface area contributed by atoms with Crippen molar-refractivity contribution in [1.29, 1.82) is 0 Å². The van der Waals surface area contributed by atoms with Gasteiger partial charge in [0.05, 0.1) is 52.9 Å². The Balaban J connectivity index is 0.935. The molecule has 0 atom stereocenters. The van der Waals surface area contributed by atoms with E-state index in [1.54, 1.807) is 0 Å². The van der Waals surface area contributed by atoms with Crippen LogP contribution >= 0.6 is 0 Å². The van der Waals surface area contributed by atoms with Gasteiger partial charge < -0.3 is 18.9 Å². The normalized spacial score (nSPS) is 11.1. The summed E-state index contributed by atoms with van der Waals surface area (Å²) in [6, 6.07) is 38.2. The van der Waals surface area contributed by atoms with Gasteiger partial charge in [-0.3, -0.25) is 0 Å². The molecule has 4 rings (SSSR count). The smallest absolute Gasteiger partial charge is 0.0701 e. The SMILES string of the molecule is c1ccc(-c2ccc(CCOCCOCCOCCOCCc3ccc(-c4ccccc4)cc3)cc2)cc1. The van der Waals surface area contributed by atoms with E-state index in [1.807, 2.05) is 12.1 Å². The fourth-order valence-electron chi connectivity index (χ4n) is 4.13. The predicted octanol–water partition coefficient (Wildman–Crippen LogP) is 6.87. The molecule has 0 bridgehead atoms. The van der Waals surface area contributed by atoms with E-state index in [4.69, 9.17) is 18.9 Å². The van der Waals surface area contributed by atoms with Gasteiger partial charge in [-0.05, 0) is 46.2 Å². The van der Waals surface area contributed by atoms with E-state index in [2.05, 4.69) is 97.1 Å². The van der Waals surface area contributed by atoms with Crippen LogP contribution in [0.15, 0.2) is 109 Å². The van der Waals surface area contributed by atoms with Crippen LogP contribution in [0.2, 0.25) is 0 Å². The Morgan fingerprint density at radius 2 is 0.579 bits per heavy atom. The third-order valence-corrected chi connectivity index (χ3v) is 6.31. The number of rotatable bonds is 17. The molecule has 4 heteroatoms. The molecule has 0 heterocycles. The highest BCUT2D eigenvalue weighted by Gasteiger charge is 2.00. The number of ether oxygens (including phenoxy) is 4. The minimum atomic E-state index is 0.568. The highest BCUT2D eigenvalue weighted by molar-refractivity contribution is 5.64. The van der Waals surface area contributed by atoms with E-state index in [1.165, 1.54) is 33.4 Å². The molecule has 0 amide bonds. The molecule has 0 N–H and O–H groups in total. The van der Waals surface area contributed by atoms with Crippen LogP contribution in [0.5, 0.6) is 0 Å². The molecule has 0 saturated carbocycles. The van der Waals surface area contributed by atoms with Gasteiger partial charge >= 0.3 is 0 Å². The lowest BCUT2D eigenvalue weighted by molar-refractivity contribution is -0.00116. The van der Waals surface area contributed by atoms with Gasteiger partial charge in [0.15, 0.2) is 0 Å². The first-order valence-corrected chi connectivity index (χ1v) is 13.5. The number of benzene rings is 4. The molecular weight excluding hydrogens is 472 g/mol. The summed E-state index contributed by atoms with van der Waals surface area (Å²) in [4.78, 5) is 0. The first-order valence-electron chi connectivity index (χ1n) is 13.5. The van der Waals surface area contributed by atoms with Crippen LogP contribution in [0, 0.1) is 0 Å². The molecule has 0 unspecified atom stereocenters. The fourth-order valence-corrected chi connectivity index (χ4v) is 4.13. The van der Waals surface area contributed by atoms with Crippen molar-refractivity contribution in [2.45, 2.75) is 12.8 Å². The lowest BCUT2D eigenvalue weighted by Gasteiger charge is -2.08. The lowest BCUT2D eigenvalue weighted by atomic mass is 10.0. The van der Waals surface area contributed by atoms with Crippen molar-refractivity contribution < 1.29 is 18.9 Å². The topological polar surface area (TPSA) is 36.9 Å². The van der Waals surface area contributed by atoms with Crippen molar-refractivity contribution in [3.63, 3.8) is 0 Å². The molecule has 0 aliphatic heterocycles. The second-order valence-corrected chi connectivity index (χ2v) is 9.08. The Bertz CT molecular complexity index is 1050. The molecule has 0 saturated heterocycles. The third-order valence-electron chi connectivity index (χ3n) is 6.31. The van der Waals surface area contributed by atoms with Crippen LogP contribution in [-0.2, 0) is 31.8 Å². The van der Waals surface area contributed by atoms with Crippen LogP contribution in [-0.4, -0.2) is 52.9 Å². The Morgan fingerprint density at radius 1 is 0.289 bits per heavy atom. The molecular formula is C34H38O4. The summed E-state index contributed by atoms with van der Waals surface area (Å²) in [7, 11) is 0. The Labute approximate surface area is 227 Å². The van der Waals surface area contributed by atoms with Crippen LogP contribution in [0.25, 0.3) is 22.3 Å². The minimum Gasteiger partial charge on any atom is -0.379 e. The molecule has 198 valence electrons. The Hall–Kier alpha value is -3.28. The molecule has 0 spiro atoms. The van der Waals surface area contributed by atoms with Crippen LogP contribution in [0.1, 0.15) is 11.1 Å². The predicted molar refractivity (Wildman–Crippen MR) is 154 cm³/mol. The van der Waals surface area contributed by atoms with Gasteiger partial charge in [0, 0.05) is 0 Å². The quantitative estimate of drug-likeness (QED) is 0.145. The summed E-state index contributed by atoms with van der Waals surface area (Å²) in [6.45, 7) is 4.87.